The highest BCUT2D eigenvalue weighted by atomic mass is 16.5. The lowest BCUT2D eigenvalue weighted by Gasteiger charge is -2.20. The summed E-state index contributed by atoms with van der Waals surface area (Å²) in [5, 5.41) is 3.10. The molecule has 0 radical (unpaired) electrons. The van der Waals surface area contributed by atoms with Crippen LogP contribution in [0.2, 0.25) is 0 Å². The smallest absolute Gasteiger partial charge is 0.236 e. The van der Waals surface area contributed by atoms with Gasteiger partial charge in [-0.15, -0.1) is 0 Å². The highest BCUT2D eigenvalue weighted by molar-refractivity contribution is 5.78. The Balaban J connectivity index is 2.19. The van der Waals surface area contributed by atoms with Crippen LogP contribution in [0.5, 0.6) is 0 Å². The van der Waals surface area contributed by atoms with Gasteiger partial charge in [0.05, 0.1) is 13.2 Å². The van der Waals surface area contributed by atoms with Crippen LogP contribution in [0.3, 0.4) is 0 Å². The van der Waals surface area contributed by atoms with Crippen molar-refractivity contribution in [3.8, 4) is 0 Å². The number of methoxy groups -OCH3 is 1. The molecular weight excluding hydrogens is 204 g/mol. The number of ether oxygens (including phenoxy) is 1. The van der Waals surface area contributed by atoms with Gasteiger partial charge in [0.1, 0.15) is 0 Å². The quantitative estimate of drug-likeness (QED) is 0.710. The minimum atomic E-state index is 0.227. The van der Waals surface area contributed by atoms with Gasteiger partial charge in [-0.2, -0.15) is 0 Å². The molecule has 16 heavy (non-hydrogen) atoms. The van der Waals surface area contributed by atoms with Crippen molar-refractivity contribution in [2.45, 2.75) is 26.2 Å². The number of likely N-dealkylation sites (tertiary alicyclic amines) is 1. The van der Waals surface area contributed by atoms with E-state index >= 15 is 0 Å². The fourth-order valence-corrected chi connectivity index (χ4v) is 1.99. The predicted molar refractivity (Wildman–Crippen MR) is 64.3 cm³/mol. The van der Waals surface area contributed by atoms with E-state index in [0.717, 1.165) is 38.4 Å². The number of nitrogens with zero attached hydrogens (tertiary/aromatic N) is 1. The SMILES string of the molecule is COCCNCC(=O)N1CCCC(C)CC1. The van der Waals surface area contributed by atoms with Crippen molar-refractivity contribution in [2.75, 3.05) is 39.9 Å². The van der Waals surface area contributed by atoms with E-state index in [9.17, 15) is 4.79 Å². The van der Waals surface area contributed by atoms with E-state index in [0.29, 0.717) is 13.2 Å². The van der Waals surface area contributed by atoms with E-state index in [1.165, 1.54) is 6.42 Å². The van der Waals surface area contributed by atoms with E-state index in [1.807, 2.05) is 4.90 Å². The first-order chi connectivity index (χ1) is 7.74. The van der Waals surface area contributed by atoms with E-state index in [4.69, 9.17) is 4.74 Å². The predicted octanol–water partition coefficient (Wildman–Crippen LogP) is 0.871. The number of nitrogens with one attached hydrogen (secondary N) is 1. The zero-order chi connectivity index (χ0) is 11.8. The molecule has 0 saturated carbocycles. The average molecular weight is 228 g/mol. The van der Waals surface area contributed by atoms with Crippen LogP contribution in [0.15, 0.2) is 0 Å². The fraction of sp³-hybridized carbons (Fsp3) is 0.917. The van der Waals surface area contributed by atoms with Gasteiger partial charge in [-0.1, -0.05) is 6.92 Å². The number of amides is 1. The monoisotopic (exact) mass is 228 g/mol. The molecule has 1 rings (SSSR count). The summed E-state index contributed by atoms with van der Waals surface area (Å²) in [6.45, 7) is 5.96. The first-order valence-electron chi connectivity index (χ1n) is 6.21. The second-order valence-electron chi connectivity index (χ2n) is 4.59. The average Bonchev–Trinajstić information content (AvgIpc) is 2.49. The van der Waals surface area contributed by atoms with Gasteiger partial charge in [-0.05, 0) is 25.2 Å². The zero-order valence-corrected chi connectivity index (χ0v) is 10.5. The molecule has 0 aromatic heterocycles. The largest absolute Gasteiger partial charge is 0.383 e. The Morgan fingerprint density at radius 1 is 1.44 bits per heavy atom. The molecule has 1 N–H and O–H groups in total. The molecular formula is C12H24N2O2. The third-order valence-corrected chi connectivity index (χ3v) is 3.13. The summed E-state index contributed by atoms with van der Waals surface area (Å²) in [4.78, 5) is 13.8. The van der Waals surface area contributed by atoms with Crippen LogP contribution < -0.4 is 5.32 Å². The second kappa shape index (κ2) is 7.63. The normalized spacial score (nSPS) is 21.9. The Kier molecular flexibility index (Phi) is 6.42. The molecule has 0 bridgehead atoms. The maximum absolute atomic E-state index is 11.8. The Morgan fingerprint density at radius 2 is 2.25 bits per heavy atom. The highest BCUT2D eigenvalue weighted by Crippen LogP contribution is 2.16. The fourth-order valence-electron chi connectivity index (χ4n) is 1.99. The standard InChI is InChI=1S/C12H24N2O2/c1-11-4-3-7-14(8-5-11)12(15)10-13-6-9-16-2/h11,13H,3-10H2,1-2H3. The summed E-state index contributed by atoms with van der Waals surface area (Å²) in [7, 11) is 1.67. The molecule has 1 heterocycles. The molecule has 94 valence electrons. The van der Waals surface area contributed by atoms with Gasteiger partial charge in [0.2, 0.25) is 5.91 Å². The molecule has 1 atom stereocenters. The molecule has 1 aliphatic rings. The molecule has 0 aromatic carbocycles. The Bertz CT molecular complexity index is 209. The molecule has 1 saturated heterocycles. The van der Waals surface area contributed by atoms with Gasteiger partial charge in [-0.25, -0.2) is 0 Å². The van der Waals surface area contributed by atoms with Crippen molar-refractivity contribution in [2.24, 2.45) is 5.92 Å². The molecule has 1 fully saturated rings. The number of hydrogen-bond acceptors (Lipinski definition) is 3. The van der Waals surface area contributed by atoms with Crippen molar-refractivity contribution in [3.05, 3.63) is 0 Å². The summed E-state index contributed by atoms with van der Waals surface area (Å²) >= 11 is 0. The molecule has 0 aromatic rings. The van der Waals surface area contributed by atoms with Gasteiger partial charge in [0.15, 0.2) is 0 Å². The lowest BCUT2D eigenvalue weighted by atomic mass is 10.0. The third-order valence-electron chi connectivity index (χ3n) is 3.13. The molecule has 1 aliphatic heterocycles. The Hall–Kier alpha value is -0.610. The molecule has 4 heteroatoms. The summed E-state index contributed by atoms with van der Waals surface area (Å²) in [5.74, 6) is 0.990. The van der Waals surface area contributed by atoms with E-state index < -0.39 is 0 Å². The molecule has 0 spiro atoms. The van der Waals surface area contributed by atoms with Crippen LogP contribution >= 0.6 is 0 Å². The lowest BCUT2D eigenvalue weighted by Crippen LogP contribution is -2.39. The molecule has 1 amide bonds. The Morgan fingerprint density at radius 3 is 3.00 bits per heavy atom. The van der Waals surface area contributed by atoms with Crippen LogP contribution in [0.4, 0.5) is 0 Å². The van der Waals surface area contributed by atoms with Crippen LogP contribution in [0.1, 0.15) is 26.2 Å². The van der Waals surface area contributed by atoms with Gasteiger partial charge in [0.25, 0.3) is 0 Å². The third kappa shape index (κ3) is 4.94. The molecule has 4 nitrogen and oxygen atoms in total. The zero-order valence-electron chi connectivity index (χ0n) is 10.5. The summed E-state index contributed by atoms with van der Waals surface area (Å²) in [6.07, 6.45) is 3.54. The van der Waals surface area contributed by atoms with Crippen molar-refractivity contribution < 1.29 is 9.53 Å². The number of rotatable bonds is 5. The number of carbonyl (C=O) groups excluding carboxylic acids is 1. The van der Waals surface area contributed by atoms with Crippen LogP contribution in [0.25, 0.3) is 0 Å². The van der Waals surface area contributed by atoms with Gasteiger partial charge >= 0.3 is 0 Å². The molecule has 1 unspecified atom stereocenters. The van der Waals surface area contributed by atoms with Gasteiger partial charge < -0.3 is 15.0 Å². The first-order valence-corrected chi connectivity index (χ1v) is 6.21. The van der Waals surface area contributed by atoms with E-state index in [-0.39, 0.29) is 5.91 Å². The summed E-state index contributed by atoms with van der Waals surface area (Å²) < 4.78 is 4.92. The van der Waals surface area contributed by atoms with E-state index in [1.54, 1.807) is 7.11 Å². The van der Waals surface area contributed by atoms with Crippen LogP contribution in [0, 0.1) is 5.92 Å². The van der Waals surface area contributed by atoms with Gasteiger partial charge in [-0.3, -0.25) is 4.79 Å². The minimum Gasteiger partial charge on any atom is -0.383 e. The maximum atomic E-state index is 11.8. The lowest BCUT2D eigenvalue weighted by molar-refractivity contribution is -0.130. The number of carbonyl (C=O) groups is 1. The Labute approximate surface area is 98.3 Å². The minimum absolute atomic E-state index is 0.227. The van der Waals surface area contributed by atoms with Crippen LogP contribution in [-0.4, -0.2) is 50.7 Å². The van der Waals surface area contributed by atoms with Crippen molar-refractivity contribution >= 4 is 5.91 Å². The van der Waals surface area contributed by atoms with Crippen molar-refractivity contribution in [3.63, 3.8) is 0 Å². The van der Waals surface area contributed by atoms with Crippen LogP contribution in [-0.2, 0) is 9.53 Å². The first kappa shape index (κ1) is 13.5. The topological polar surface area (TPSA) is 41.6 Å². The number of hydrogen-bond donors (Lipinski definition) is 1. The van der Waals surface area contributed by atoms with E-state index in [2.05, 4.69) is 12.2 Å². The second-order valence-corrected chi connectivity index (χ2v) is 4.59. The van der Waals surface area contributed by atoms with Gasteiger partial charge in [0, 0.05) is 26.7 Å². The summed E-state index contributed by atoms with van der Waals surface area (Å²) in [6, 6.07) is 0. The van der Waals surface area contributed by atoms with Crippen molar-refractivity contribution in [1.29, 1.82) is 0 Å². The molecule has 0 aliphatic carbocycles. The van der Waals surface area contributed by atoms with Crippen molar-refractivity contribution in [1.82, 2.24) is 10.2 Å². The highest BCUT2D eigenvalue weighted by Gasteiger charge is 2.17. The maximum Gasteiger partial charge on any atom is 0.236 e. The summed E-state index contributed by atoms with van der Waals surface area (Å²) in [5.41, 5.74) is 0.